The van der Waals surface area contributed by atoms with Gasteiger partial charge in [0.1, 0.15) is 0 Å². The van der Waals surface area contributed by atoms with Crippen molar-refractivity contribution in [1.29, 1.82) is 0 Å². The van der Waals surface area contributed by atoms with E-state index in [-0.39, 0.29) is 0 Å². The quantitative estimate of drug-likeness (QED) is 0.578. The van der Waals surface area contributed by atoms with Crippen molar-refractivity contribution in [2.24, 2.45) is 35.5 Å². The molecule has 80 valence electrons. The van der Waals surface area contributed by atoms with Gasteiger partial charge < -0.3 is 0 Å². The molecule has 6 unspecified atom stereocenters. The van der Waals surface area contributed by atoms with E-state index in [0.29, 0.717) is 47.0 Å². The van der Waals surface area contributed by atoms with Crippen LogP contribution in [0, 0.1) is 35.5 Å². The minimum absolute atomic E-state index is 0.427. The predicted octanol–water partition coefficient (Wildman–Crippen LogP) is 1.27. The van der Waals surface area contributed by atoms with Crippen molar-refractivity contribution < 1.29 is 8.42 Å². The normalized spacial score (nSPS) is 57.3. The van der Waals surface area contributed by atoms with Crippen molar-refractivity contribution >= 4 is 9.84 Å². The number of allylic oxidation sites excluding steroid dienone is 4. The highest BCUT2D eigenvalue weighted by Crippen LogP contribution is 2.58. The molecule has 2 bridgehead atoms. The van der Waals surface area contributed by atoms with E-state index in [4.69, 9.17) is 0 Å². The summed E-state index contributed by atoms with van der Waals surface area (Å²) in [6.45, 7) is 0. The highest BCUT2D eigenvalue weighted by Gasteiger charge is 2.56. The molecule has 0 spiro atoms. The van der Waals surface area contributed by atoms with Crippen LogP contribution in [0.1, 0.15) is 0 Å². The fraction of sp³-hybridized carbons (Fsp3) is 0.667. The molecule has 2 nitrogen and oxygen atoms in total. The average Bonchev–Trinajstić information content (AvgIpc) is 2.42. The van der Waals surface area contributed by atoms with Crippen molar-refractivity contribution in [3.63, 3.8) is 0 Å². The highest BCUT2D eigenvalue weighted by atomic mass is 32.2. The molecule has 1 heterocycles. The smallest absolute Gasteiger partial charge is 0.150 e. The molecule has 6 atom stereocenters. The van der Waals surface area contributed by atoms with Gasteiger partial charge in [0, 0.05) is 0 Å². The Balaban J connectivity index is 1.82. The number of hydrogen-bond donors (Lipinski definition) is 0. The van der Waals surface area contributed by atoms with Gasteiger partial charge in [0.2, 0.25) is 0 Å². The fourth-order valence-electron chi connectivity index (χ4n) is 4.20. The lowest BCUT2D eigenvalue weighted by Crippen LogP contribution is -2.49. The zero-order valence-corrected chi connectivity index (χ0v) is 9.23. The summed E-state index contributed by atoms with van der Waals surface area (Å²) in [5.41, 5.74) is 0. The van der Waals surface area contributed by atoms with Gasteiger partial charge >= 0.3 is 0 Å². The number of rotatable bonds is 0. The lowest BCUT2D eigenvalue weighted by molar-refractivity contribution is 0.0672. The van der Waals surface area contributed by atoms with Gasteiger partial charge in [0.25, 0.3) is 0 Å². The van der Waals surface area contributed by atoms with Gasteiger partial charge in [-0.2, -0.15) is 0 Å². The molecule has 5 aliphatic rings. The largest absolute Gasteiger partial charge is 0.229 e. The first-order valence-electron chi connectivity index (χ1n) is 5.73. The second kappa shape index (κ2) is 2.40. The molecular formula is C12H14O2S. The molecule has 2 fully saturated rings. The SMILES string of the molecule is O=S1(=O)CC2C3C=CC(C4C=CC43)C2C1. The third-order valence-electron chi connectivity index (χ3n) is 4.88. The maximum absolute atomic E-state index is 11.7. The number of hydrogen-bond acceptors (Lipinski definition) is 2. The summed E-state index contributed by atoms with van der Waals surface area (Å²) < 4.78 is 23.4. The van der Waals surface area contributed by atoms with E-state index in [1.807, 2.05) is 0 Å². The minimum atomic E-state index is -2.74. The van der Waals surface area contributed by atoms with E-state index in [2.05, 4.69) is 24.3 Å². The first-order valence-corrected chi connectivity index (χ1v) is 7.55. The third-order valence-corrected chi connectivity index (χ3v) is 6.66. The second-order valence-corrected chi connectivity index (χ2v) is 7.64. The van der Waals surface area contributed by atoms with Crippen molar-refractivity contribution in [2.45, 2.75) is 0 Å². The van der Waals surface area contributed by atoms with Crippen LogP contribution in [0.15, 0.2) is 24.3 Å². The first-order chi connectivity index (χ1) is 7.16. The van der Waals surface area contributed by atoms with E-state index in [1.54, 1.807) is 0 Å². The van der Waals surface area contributed by atoms with Crippen LogP contribution < -0.4 is 0 Å². The minimum Gasteiger partial charge on any atom is -0.229 e. The lowest BCUT2D eigenvalue weighted by atomic mass is 9.50. The molecule has 4 aliphatic carbocycles. The molecule has 0 radical (unpaired) electrons. The van der Waals surface area contributed by atoms with Gasteiger partial charge in [0.05, 0.1) is 11.5 Å². The van der Waals surface area contributed by atoms with Crippen LogP contribution in [0.25, 0.3) is 0 Å². The van der Waals surface area contributed by atoms with Gasteiger partial charge in [0.15, 0.2) is 9.84 Å². The lowest BCUT2D eigenvalue weighted by Gasteiger charge is -2.53. The van der Waals surface area contributed by atoms with Gasteiger partial charge in [-0.15, -0.1) is 0 Å². The maximum atomic E-state index is 11.7. The predicted molar refractivity (Wildman–Crippen MR) is 57.9 cm³/mol. The Bertz CT molecular complexity index is 438. The standard InChI is InChI=1S/C12H14O2S/c13-15(14)5-11-9-3-4-10(12(11)6-15)8-2-1-7(8)9/h1-4,7-12H,5-6H2. The molecule has 0 aromatic rings. The molecule has 0 aromatic heterocycles. The number of sulfone groups is 1. The zero-order chi connectivity index (χ0) is 10.2. The van der Waals surface area contributed by atoms with Crippen LogP contribution in [0.2, 0.25) is 0 Å². The average molecular weight is 222 g/mol. The molecule has 1 saturated heterocycles. The van der Waals surface area contributed by atoms with Crippen molar-refractivity contribution in [2.75, 3.05) is 11.5 Å². The van der Waals surface area contributed by atoms with Gasteiger partial charge in [-0.05, 0) is 35.5 Å². The van der Waals surface area contributed by atoms with E-state index in [1.165, 1.54) is 0 Å². The summed E-state index contributed by atoms with van der Waals surface area (Å²) in [6.07, 6.45) is 9.15. The van der Waals surface area contributed by atoms with Crippen LogP contribution >= 0.6 is 0 Å². The molecule has 5 rings (SSSR count). The first kappa shape index (κ1) is 8.57. The monoisotopic (exact) mass is 222 g/mol. The van der Waals surface area contributed by atoms with E-state index in [0.717, 1.165) is 0 Å². The van der Waals surface area contributed by atoms with Crippen LogP contribution in [0.4, 0.5) is 0 Å². The van der Waals surface area contributed by atoms with E-state index >= 15 is 0 Å². The van der Waals surface area contributed by atoms with Crippen molar-refractivity contribution in [3.8, 4) is 0 Å². The Labute approximate surface area is 90.0 Å². The summed E-state index contributed by atoms with van der Waals surface area (Å²) in [5, 5.41) is 0. The topological polar surface area (TPSA) is 34.1 Å². The Hall–Kier alpha value is -0.570. The van der Waals surface area contributed by atoms with Crippen LogP contribution in [-0.4, -0.2) is 19.9 Å². The summed E-state index contributed by atoms with van der Waals surface area (Å²) >= 11 is 0. The fourth-order valence-corrected chi connectivity index (χ4v) is 6.45. The van der Waals surface area contributed by atoms with E-state index in [9.17, 15) is 8.42 Å². The van der Waals surface area contributed by atoms with E-state index < -0.39 is 9.84 Å². The van der Waals surface area contributed by atoms with Crippen molar-refractivity contribution in [1.82, 2.24) is 0 Å². The van der Waals surface area contributed by atoms with Crippen LogP contribution in [0.5, 0.6) is 0 Å². The van der Waals surface area contributed by atoms with Crippen molar-refractivity contribution in [3.05, 3.63) is 24.3 Å². The van der Waals surface area contributed by atoms with Gasteiger partial charge in [-0.1, -0.05) is 24.3 Å². The van der Waals surface area contributed by atoms with Gasteiger partial charge in [-0.3, -0.25) is 0 Å². The molecule has 0 amide bonds. The Morgan fingerprint density at radius 1 is 0.733 bits per heavy atom. The molecule has 0 N–H and O–H groups in total. The Kier molecular flexibility index (Phi) is 1.37. The van der Waals surface area contributed by atoms with Crippen LogP contribution in [0.3, 0.4) is 0 Å². The summed E-state index contributed by atoms with van der Waals surface area (Å²) in [6, 6.07) is 0. The molecule has 0 aromatic carbocycles. The molecule has 1 aliphatic heterocycles. The highest BCUT2D eigenvalue weighted by molar-refractivity contribution is 7.91. The molecule has 1 saturated carbocycles. The zero-order valence-electron chi connectivity index (χ0n) is 8.41. The Morgan fingerprint density at radius 3 is 1.53 bits per heavy atom. The molecular weight excluding hydrogens is 208 g/mol. The molecule has 15 heavy (non-hydrogen) atoms. The summed E-state index contributed by atoms with van der Waals surface area (Å²) in [4.78, 5) is 0. The van der Waals surface area contributed by atoms with Crippen LogP contribution in [-0.2, 0) is 9.84 Å². The molecule has 3 heteroatoms. The Morgan fingerprint density at radius 2 is 1.13 bits per heavy atom. The summed E-state index contributed by atoms with van der Waals surface area (Å²) in [5.74, 6) is 4.11. The van der Waals surface area contributed by atoms with Gasteiger partial charge in [-0.25, -0.2) is 8.42 Å². The summed E-state index contributed by atoms with van der Waals surface area (Å²) in [7, 11) is -2.74. The third kappa shape index (κ3) is 0.930. The second-order valence-electron chi connectivity index (χ2n) is 5.48. The maximum Gasteiger partial charge on any atom is 0.150 e.